The molecule has 1 aliphatic rings. The van der Waals surface area contributed by atoms with E-state index < -0.39 is 40.6 Å². The molecule has 0 spiro atoms. The van der Waals surface area contributed by atoms with Crippen molar-refractivity contribution in [3.63, 3.8) is 0 Å². The molecular formula is C18H14F2N2O5. The van der Waals surface area contributed by atoms with Crippen LogP contribution in [0.2, 0.25) is 0 Å². The first-order valence-corrected chi connectivity index (χ1v) is 8.07. The monoisotopic (exact) mass is 376 g/mol. The average molecular weight is 376 g/mol. The van der Waals surface area contributed by atoms with Crippen molar-refractivity contribution in [3.8, 4) is 0 Å². The second kappa shape index (κ2) is 7.48. The summed E-state index contributed by atoms with van der Waals surface area (Å²) in [5.41, 5.74) is 0.185. The van der Waals surface area contributed by atoms with Crippen molar-refractivity contribution in [1.82, 2.24) is 0 Å². The Bertz CT molecular complexity index is 912. The smallest absolute Gasteiger partial charge is 0.344 e. The normalized spacial score (nSPS) is 13.0. The zero-order valence-electron chi connectivity index (χ0n) is 14.0. The number of nitro benzene ring substituents is 1. The highest BCUT2D eigenvalue weighted by Crippen LogP contribution is 2.30. The SMILES string of the molecule is O=C(OCC(=O)N1CCCc2cc([N+](=O)[O-])ccc21)c1c(F)cccc1F. The van der Waals surface area contributed by atoms with Crippen LogP contribution in [0.1, 0.15) is 22.3 Å². The third-order valence-electron chi connectivity index (χ3n) is 4.19. The molecule has 1 amide bonds. The Morgan fingerprint density at radius 3 is 2.56 bits per heavy atom. The van der Waals surface area contributed by atoms with Crippen molar-refractivity contribution in [3.05, 3.63) is 69.3 Å². The molecule has 0 atom stereocenters. The van der Waals surface area contributed by atoms with E-state index in [9.17, 15) is 28.5 Å². The van der Waals surface area contributed by atoms with Gasteiger partial charge in [0.05, 0.1) is 4.92 Å². The molecule has 0 saturated heterocycles. The van der Waals surface area contributed by atoms with Crippen molar-refractivity contribution in [2.45, 2.75) is 12.8 Å². The molecule has 0 radical (unpaired) electrons. The Kier molecular flexibility index (Phi) is 5.11. The number of hydrogen-bond acceptors (Lipinski definition) is 5. The van der Waals surface area contributed by atoms with Gasteiger partial charge in [-0.3, -0.25) is 14.9 Å². The number of anilines is 1. The Labute approximate surface area is 152 Å². The maximum absolute atomic E-state index is 13.6. The quantitative estimate of drug-likeness (QED) is 0.465. The number of aryl methyl sites for hydroxylation is 1. The number of fused-ring (bicyclic) bond motifs is 1. The van der Waals surface area contributed by atoms with Crippen LogP contribution in [0.5, 0.6) is 0 Å². The summed E-state index contributed by atoms with van der Waals surface area (Å²) in [5, 5.41) is 10.9. The minimum Gasteiger partial charge on any atom is -0.452 e. The predicted octanol–water partition coefficient (Wildman–Crippen LogP) is 3.01. The maximum Gasteiger partial charge on any atom is 0.344 e. The summed E-state index contributed by atoms with van der Waals surface area (Å²) >= 11 is 0. The van der Waals surface area contributed by atoms with Crippen molar-refractivity contribution < 1.29 is 28.0 Å². The van der Waals surface area contributed by atoms with Crippen molar-refractivity contribution in [2.75, 3.05) is 18.1 Å². The van der Waals surface area contributed by atoms with Crippen LogP contribution in [0, 0.1) is 21.7 Å². The highest BCUT2D eigenvalue weighted by Gasteiger charge is 2.26. The molecule has 0 aromatic heterocycles. The molecule has 7 nitrogen and oxygen atoms in total. The molecule has 0 saturated carbocycles. The molecule has 0 fully saturated rings. The molecule has 9 heteroatoms. The fraction of sp³-hybridized carbons (Fsp3) is 0.222. The Balaban J connectivity index is 1.73. The predicted molar refractivity (Wildman–Crippen MR) is 90.4 cm³/mol. The largest absolute Gasteiger partial charge is 0.452 e. The lowest BCUT2D eigenvalue weighted by atomic mass is 10.0. The number of benzene rings is 2. The number of non-ortho nitro benzene ring substituents is 1. The number of ether oxygens (including phenoxy) is 1. The van der Waals surface area contributed by atoms with Gasteiger partial charge in [0, 0.05) is 24.4 Å². The first kappa shape index (κ1) is 18.4. The molecule has 27 heavy (non-hydrogen) atoms. The Morgan fingerprint density at radius 2 is 1.89 bits per heavy atom. The van der Waals surface area contributed by atoms with Crippen molar-refractivity contribution >= 4 is 23.3 Å². The van der Waals surface area contributed by atoms with Crippen LogP contribution in [-0.4, -0.2) is 30.0 Å². The fourth-order valence-electron chi connectivity index (χ4n) is 2.93. The van der Waals surface area contributed by atoms with E-state index in [1.807, 2.05) is 0 Å². The Morgan fingerprint density at radius 1 is 1.19 bits per heavy atom. The zero-order valence-corrected chi connectivity index (χ0v) is 14.0. The molecule has 1 heterocycles. The van der Waals surface area contributed by atoms with Gasteiger partial charge < -0.3 is 9.64 Å². The summed E-state index contributed by atoms with van der Waals surface area (Å²) in [6.07, 6.45) is 1.15. The first-order chi connectivity index (χ1) is 12.9. The highest BCUT2D eigenvalue weighted by molar-refractivity contribution is 5.98. The summed E-state index contributed by atoms with van der Waals surface area (Å²) in [6, 6.07) is 7.07. The summed E-state index contributed by atoms with van der Waals surface area (Å²) in [5.74, 6) is -4.03. The second-order valence-electron chi connectivity index (χ2n) is 5.89. The standard InChI is InChI=1S/C18H14F2N2O5/c19-13-4-1-5-14(20)17(13)18(24)27-10-16(23)21-8-2-3-11-9-12(22(25)26)6-7-15(11)21/h1,4-7,9H,2-3,8,10H2. The molecule has 2 aromatic carbocycles. The summed E-state index contributed by atoms with van der Waals surface area (Å²) in [6.45, 7) is -0.363. The third-order valence-corrected chi connectivity index (χ3v) is 4.19. The van der Waals surface area contributed by atoms with Gasteiger partial charge in [0.2, 0.25) is 0 Å². The van der Waals surface area contributed by atoms with Crippen LogP contribution in [0.3, 0.4) is 0 Å². The van der Waals surface area contributed by atoms with E-state index in [1.54, 1.807) is 0 Å². The number of esters is 1. The number of carbonyl (C=O) groups is 2. The van der Waals surface area contributed by atoms with E-state index in [0.29, 0.717) is 30.6 Å². The number of halogens is 2. The van der Waals surface area contributed by atoms with Crippen LogP contribution in [-0.2, 0) is 16.0 Å². The van der Waals surface area contributed by atoms with Crippen molar-refractivity contribution in [2.24, 2.45) is 0 Å². The van der Waals surface area contributed by atoms with E-state index in [1.165, 1.54) is 23.1 Å². The van der Waals surface area contributed by atoms with Gasteiger partial charge in [0.1, 0.15) is 17.2 Å². The molecule has 1 aliphatic heterocycles. The minimum absolute atomic E-state index is 0.0792. The molecule has 0 unspecified atom stereocenters. The third kappa shape index (κ3) is 3.76. The van der Waals surface area contributed by atoms with Gasteiger partial charge in [-0.2, -0.15) is 0 Å². The number of nitro groups is 1. The minimum atomic E-state index is -1.28. The van der Waals surface area contributed by atoms with E-state index in [-0.39, 0.29) is 5.69 Å². The molecular weight excluding hydrogens is 362 g/mol. The molecule has 2 aromatic rings. The average Bonchev–Trinajstić information content (AvgIpc) is 2.65. The van der Waals surface area contributed by atoms with E-state index >= 15 is 0 Å². The first-order valence-electron chi connectivity index (χ1n) is 8.07. The highest BCUT2D eigenvalue weighted by atomic mass is 19.1. The summed E-state index contributed by atoms with van der Waals surface area (Å²) < 4.78 is 31.9. The van der Waals surface area contributed by atoms with Gasteiger partial charge in [-0.05, 0) is 36.6 Å². The van der Waals surface area contributed by atoms with Gasteiger partial charge in [0.15, 0.2) is 6.61 Å². The number of carbonyl (C=O) groups excluding carboxylic acids is 2. The molecule has 0 aliphatic carbocycles. The van der Waals surface area contributed by atoms with E-state index in [2.05, 4.69) is 0 Å². The van der Waals surface area contributed by atoms with Gasteiger partial charge in [0.25, 0.3) is 11.6 Å². The van der Waals surface area contributed by atoms with Gasteiger partial charge in [-0.15, -0.1) is 0 Å². The maximum atomic E-state index is 13.6. The van der Waals surface area contributed by atoms with E-state index in [0.717, 1.165) is 18.2 Å². The van der Waals surface area contributed by atoms with Gasteiger partial charge in [-0.1, -0.05) is 6.07 Å². The molecule has 0 N–H and O–H groups in total. The summed E-state index contributed by atoms with van der Waals surface area (Å²) in [4.78, 5) is 36.0. The fourth-order valence-corrected chi connectivity index (χ4v) is 2.93. The number of amides is 1. The van der Waals surface area contributed by atoms with Crippen LogP contribution < -0.4 is 4.90 Å². The zero-order chi connectivity index (χ0) is 19.6. The lowest BCUT2D eigenvalue weighted by molar-refractivity contribution is -0.384. The molecule has 140 valence electrons. The van der Waals surface area contributed by atoms with E-state index in [4.69, 9.17) is 4.74 Å². The second-order valence-corrected chi connectivity index (χ2v) is 5.89. The number of nitrogens with zero attached hydrogens (tertiary/aromatic N) is 2. The van der Waals surface area contributed by atoms with Crippen LogP contribution >= 0.6 is 0 Å². The van der Waals surface area contributed by atoms with Crippen LogP contribution in [0.15, 0.2) is 36.4 Å². The molecule has 0 bridgehead atoms. The van der Waals surface area contributed by atoms with Gasteiger partial charge >= 0.3 is 5.97 Å². The number of rotatable bonds is 4. The topological polar surface area (TPSA) is 89.8 Å². The lowest BCUT2D eigenvalue weighted by Crippen LogP contribution is -2.38. The molecule has 3 rings (SSSR count). The van der Waals surface area contributed by atoms with Crippen molar-refractivity contribution in [1.29, 1.82) is 0 Å². The lowest BCUT2D eigenvalue weighted by Gasteiger charge is -2.29. The van der Waals surface area contributed by atoms with Gasteiger partial charge in [-0.25, -0.2) is 13.6 Å². The Hall–Kier alpha value is -3.36. The number of hydrogen-bond donors (Lipinski definition) is 0. The summed E-state index contributed by atoms with van der Waals surface area (Å²) in [7, 11) is 0. The van der Waals surface area contributed by atoms with Crippen LogP contribution in [0.4, 0.5) is 20.2 Å². The van der Waals surface area contributed by atoms with Crippen LogP contribution in [0.25, 0.3) is 0 Å².